The van der Waals surface area contributed by atoms with Gasteiger partial charge in [0.15, 0.2) is 0 Å². The highest BCUT2D eigenvalue weighted by molar-refractivity contribution is 7.08. The van der Waals surface area contributed by atoms with E-state index in [1.165, 1.54) is 4.90 Å². The summed E-state index contributed by atoms with van der Waals surface area (Å²) >= 11 is 1.59. The summed E-state index contributed by atoms with van der Waals surface area (Å²) in [5, 5.41) is 29.9. The molecule has 3 amide bonds. The van der Waals surface area contributed by atoms with Crippen LogP contribution in [-0.4, -0.2) is 62.5 Å². The number of hydrogen-bond donors (Lipinski definition) is 4. The van der Waals surface area contributed by atoms with Gasteiger partial charge in [-0.3, -0.25) is 4.79 Å². The van der Waals surface area contributed by atoms with E-state index < -0.39 is 28.9 Å². The first-order chi connectivity index (χ1) is 21.6. The minimum Gasteiger partial charge on any atom is -0.465 e. The lowest BCUT2D eigenvalue weighted by Crippen LogP contribution is -2.62. The van der Waals surface area contributed by atoms with E-state index in [1.807, 2.05) is 62.5 Å². The average Bonchev–Trinajstić information content (AvgIpc) is 3.50. The molecular formula is C35H44N4O6S. The van der Waals surface area contributed by atoms with Crippen LogP contribution >= 0.6 is 11.3 Å². The van der Waals surface area contributed by atoms with Gasteiger partial charge >= 0.3 is 12.2 Å². The Morgan fingerprint density at radius 2 is 1.72 bits per heavy atom. The Bertz CT molecular complexity index is 1550. The number of ether oxygens (including phenoxy) is 1. The summed E-state index contributed by atoms with van der Waals surface area (Å²) in [5.74, 6) is 0.582. The number of carboxylic acid groups (broad SMARTS) is 1. The highest BCUT2D eigenvalue weighted by atomic mass is 32.1. The van der Waals surface area contributed by atoms with E-state index in [1.54, 1.807) is 31.5 Å². The fraction of sp³-hybridized carbons (Fsp3) is 0.486. The lowest BCUT2D eigenvalue weighted by Gasteiger charge is -2.52. The highest BCUT2D eigenvalue weighted by Gasteiger charge is 2.53. The van der Waals surface area contributed by atoms with Gasteiger partial charge in [0.05, 0.1) is 11.1 Å². The second-order valence-corrected chi connectivity index (χ2v) is 14.9. The first-order valence-corrected chi connectivity index (χ1v) is 16.7. The monoisotopic (exact) mass is 648 g/mol. The van der Waals surface area contributed by atoms with Crippen molar-refractivity contribution >= 4 is 35.2 Å². The fourth-order valence-corrected chi connectivity index (χ4v) is 7.50. The van der Waals surface area contributed by atoms with Crippen LogP contribution in [0.15, 0.2) is 53.4 Å². The maximum atomic E-state index is 13.0. The number of aliphatic hydroxyl groups is 1. The van der Waals surface area contributed by atoms with Crippen molar-refractivity contribution in [2.24, 2.45) is 5.92 Å². The van der Waals surface area contributed by atoms with Crippen LogP contribution in [-0.2, 0) is 15.1 Å². The molecule has 5 rings (SSSR count). The number of benzene rings is 1. The zero-order chi connectivity index (χ0) is 33.3. The Morgan fingerprint density at radius 3 is 2.28 bits per heavy atom. The third-order valence-corrected chi connectivity index (χ3v) is 9.68. The number of hydrogen-bond acceptors (Lipinski definition) is 7. The van der Waals surface area contributed by atoms with Crippen molar-refractivity contribution in [2.45, 2.75) is 95.4 Å². The summed E-state index contributed by atoms with van der Waals surface area (Å²) < 4.78 is 5.52. The van der Waals surface area contributed by atoms with Gasteiger partial charge in [-0.25, -0.2) is 14.6 Å². The molecule has 2 fully saturated rings. The Hall–Kier alpha value is -3.96. The first kappa shape index (κ1) is 33.4. The summed E-state index contributed by atoms with van der Waals surface area (Å²) in [6.45, 7) is 7.21. The molecule has 2 aliphatic carbocycles. The molecule has 46 heavy (non-hydrogen) atoms. The van der Waals surface area contributed by atoms with Crippen LogP contribution in [0.1, 0.15) is 78.2 Å². The zero-order valence-corrected chi connectivity index (χ0v) is 27.9. The second-order valence-electron chi connectivity index (χ2n) is 14.1. The first-order valence-electron chi connectivity index (χ1n) is 15.8. The molecule has 0 aliphatic heterocycles. The number of thiophene rings is 1. The number of anilines is 1. The minimum absolute atomic E-state index is 0.00336. The summed E-state index contributed by atoms with van der Waals surface area (Å²) in [6.07, 6.45) is 4.58. The Balaban J connectivity index is 1.31. The molecule has 4 N–H and O–H groups in total. The Labute approximate surface area is 274 Å². The molecule has 0 atom stereocenters. The standard InChI is InChI=1S/C35H44N4O6S/c1-33(2,3)45-31(41)38-35(20-34(4,44)21-35)25-10-8-23(9-11-25)28-18-36-29(17-27(28)24-14-15-46-19-24)37-30(40)16-22-6-12-26(13-7-22)39(5)32(42)43/h8-11,14-15,17-19,22,26,44H,6-7,12-13,16,20-21H2,1-5H3,(H,38,41)(H,42,43)(H,36,37,40)/t22?,26?,34-,35-. The maximum Gasteiger partial charge on any atom is 0.408 e. The molecule has 3 aromatic rings. The number of aromatic nitrogens is 1. The SMILES string of the molecule is CN(C(=O)O)C1CCC(CC(=O)Nc2cc(-c3ccsc3)c(-c3ccc([C@]4(NC(=O)OC(C)(C)C)C[C@](C)(O)C4)cc3)cn2)CC1. The van der Waals surface area contributed by atoms with Gasteiger partial charge in [-0.15, -0.1) is 0 Å². The van der Waals surface area contributed by atoms with Gasteiger partial charge in [-0.2, -0.15) is 11.3 Å². The minimum atomic E-state index is -0.917. The highest BCUT2D eigenvalue weighted by Crippen LogP contribution is 2.49. The molecule has 2 saturated carbocycles. The van der Waals surface area contributed by atoms with Gasteiger partial charge in [0.2, 0.25) is 5.91 Å². The van der Waals surface area contributed by atoms with E-state index >= 15 is 0 Å². The van der Waals surface area contributed by atoms with E-state index in [2.05, 4.69) is 21.0 Å². The van der Waals surface area contributed by atoms with Crippen molar-refractivity contribution in [2.75, 3.05) is 12.4 Å². The number of alkyl carbamates (subject to hydrolysis) is 1. The van der Waals surface area contributed by atoms with Crippen molar-refractivity contribution in [3.05, 3.63) is 58.9 Å². The van der Waals surface area contributed by atoms with Crippen LogP contribution in [0.5, 0.6) is 0 Å². The van der Waals surface area contributed by atoms with E-state index in [0.29, 0.717) is 25.1 Å². The number of nitrogens with zero attached hydrogens (tertiary/aromatic N) is 2. The van der Waals surface area contributed by atoms with E-state index in [4.69, 9.17) is 4.74 Å². The molecule has 2 aromatic heterocycles. The maximum absolute atomic E-state index is 13.0. The van der Waals surface area contributed by atoms with Crippen LogP contribution in [0.2, 0.25) is 0 Å². The van der Waals surface area contributed by atoms with Crippen molar-refractivity contribution in [1.82, 2.24) is 15.2 Å². The Kier molecular flexibility index (Phi) is 9.47. The number of nitrogens with one attached hydrogen (secondary N) is 2. The number of rotatable bonds is 8. The normalized spacial score (nSPS) is 24.4. The van der Waals surface area contributed by atoms with Crippen LogP contribution in [0.25, 0.3) is 22.3 Å². The van der Waals surface area contributed by atoms with Gasteiger partial charge in [0.25, 0.3) is 0 Å². The summed E-state index contributed by atoms with van der Waals surface area (Å²) in [4.78, 5) is 43.0. The van der Waals surface area contributed by atoms with Crippen molar-refractivity contribution in [1.29, 1.82) is 0 Å². The number of pyridine rings is 1. The third-order valence-electron chi connectivity index (χ3n) is 9.00. The molecule has 11 heteroatoms. The summed E-state index contributed by atoms with van der Waals surface area (Å²) in [5.41, 5.74) is 2.39. The fourth-order valence-electron chi connectivity index (χ4n) is 6.84. The molecule has 2 heterocycles. The van der Waals surface area contributed by atoms with Crippen molar-refractivity contribution < 1.29 is 29.3 Å². The molecule has 0 spiro atoms. The Morgan fingerprint density at radius 1 is 1.04 bits per heavy atom. The van der Waals surface area contributed by atoms with Crippen molar-refractivity contribution in [3.63, 3.8) is 0 Å². The molecule has 0 radical (unpaired) electrons. The van der Waals surface area contributed by atoms with Crippen LogP contribution < -0.4 is 10.6 Å². The summed E-state index contributed by atoms with van der Waals surface area (Å²) in [7, 11) is 1.61. The number of amides is 3. The van der Waals surface area contributed by atoms with Crippen LogP contribution in [0, 0.1) is 5.92 Å². The predicted octanol–water partition coefficient (Wildman–Crippen LogP) is 7.24. The average molecular weight is 649 g/mol. The number of carbonyl (C=O) groups excluding carboxylic acids is 2. The van der Waals surface area contributed by atoms with Gasteiger partial charge in [0, 0.05) is 44.1 Å². The lowest BCUT2D eigenvalue weighted by atomic mass is 9.62. The van der Waals surface area contributed by atoms with E-state index in [-0.39, 0.29) is 17.9 Å². The smallest absolute Gasteiger partial charge is 0.408 e. The molecule has 0 bridgehead atoms. The third kappa shape index (κ3) is 7.87. The predicted molar refractivity (Wildman–Crippen MR) is 179 cm³/mol. The molecule has 10 nitrogen and oxygen atoms in total. The molecule has 246 valence electrons. The van der Waals surface area contributed by atoms with E-state index in [9.17, 15) is 24.6 Å². The molecule has 0 unspecified atom stereocenters. The van der Waals surface area contributed by atoms with Crippen molar-refractivity contribution in [3.8, 4) is 22.3 Å². The van der Waals surface area contributed by atoms with Crippen LogP contribution in [0.3, 0.4) is 0 Å². The number of carbonyl (C=O) groups is 3. The van der Waals surface area contributed by atoms with Gasteiger partial charge < -0.3 is 30.5 Å². The van der Waals surface area contributed by atoms with Gasteiger partial charge in [-0.05, 0) is 104 Å². The lowest BCUT2D eigenvalue weighted by molar-refractivity contribution is -0.117. The quantitative estimate of drug-likeness (QED) is 0.202. The van der Waals surface area contributed by atoms with Crippen LogP contribution in [0.4, 0.5) is 15.4 Å². The molecule has 2 aliphatic rings. The molecular weight excluding hydrogens is 604 g/mol. The topological polar surface area (TPSA) is 141 Å². The molecule has 1 aromatic carbocycles. The summed E-state index contributed by atoms with van der Waals surface area (Å²) in [6, 6.07) is 11.9. The largest absolute Gasteiger partial charge is 0.465 e. The molecule has 0 saturated heterocycles. The van der Waals surface area contributed by atoms with E-state index in [0.717, 1.165) is 53.5 Å². The second kappa shape index (κ2) is 13.0. The van der Waals surface area contributed by atoms with Gasteiger partial charge in [0.1, 0.15) is 11.4 Å². The zero-order valence-electron chi connectivity index (χ0n) is 27.1. The van der Waals surface area contributed by atoms with Gasteiger partial charge in [-0.1, -0.05) is 24.3 Å².